The molecular formula is C19H29N3O3. The van der Waals surface area contributed by atoms with Crippen LogP contribution in [0.2, 0.25) is 0 Å². The molecule has 0 bridgehead atoms. The molecule has 0 N–H and O–H groups in total. The Bertz CT molecular complexity index is 591. The molecule has 3 heterocycles. The van der Waals surface area contributed by atoms with Gasteiger partial charge in [-0.15, -0.1) is 0 Å². The van der Waals surface area contributed by atoms with Crippen LogP contribution in [0.1, 0.15) is 44.4 Å². The van der Waals surface area contributed by atoms with Crippen LogP contribution in [0.4, 0.5) is 4.79 Å². The van der Waals surface area contributed by atoms with E-state index >= 15 is 0 Å². The standard InChI is InChI=1S/C19H29N3O3/c1-14-6-11-22(16(13-14)17-5-4-12-25-17)18(23)15-7-9-21(10-8-15)19(24)20(2)3/h4-5,12,14-16H,6-11,13H2,1-3H3/t14-,16+/m1/s1. The Morgan fingerprint density at radius 2 is 1.88 bits per heavy atom. The number of nitrogens with zero attached hydrogens (tertiary/aromatic N) is 3. The largest absolute Gasteiger partial charge is 0.467 e. The normalized spacial score (nSPS) is 25.1. The molecule has 2 fully saturated rings. The fourth-order valence-electron chi connectivity index (χ4n) is 3.99. The lowest BCUT2D eigenvalue weighted by Gasteiger charge is -2.41. The number of carbonyl (C=O) groups excluding carboxylic acids is 2. The second-order valence-corrected chi connectivity index (χ2v) is 7.63. The first-order chi connectivity index (χ1) is 12.0. The molecule has 3 amide bonds. The topological polar surface area (TPSA) is 57.0 Å². The average molecular weight is 347 g/mol. The molecule has 6 heteroatoms. The molecule has 2 atom stereocenters. The lowest BCUT2D eigenvalue weighted by molar-refractivity contribution is -0.142. The highest BCUT2D eigenvalue weighted by Crippen LogP contribution is 2.36. The number of urea groups is 1. The average Bonchev–Trinajstić information content (AvgIpc) is 3.15. The molecule has 1 aromatic rings. The monoisotopic (exact) mass is 347 g/mol. The third-order valence-electron chi connectivity index (χ3n) is 5.52. The highest BCUT2D eigenvalue weighted by atomic mass is 16.3. The summed E-state index contributed by atoms with van der Waals surface area (Å²) in [6, 6.07) is 3.95. The van der Waals surface area contributed by atoms with Crippen LogP contribution in [0, 0.1) is 11.8 Å². The number of piperidine rings is 2. The minimum atomic E-state index is 0.0112. The number of rotatable bonds is 2. The van der Waals surface area contributed by atoms with Crippen molar-refractivity contribution < 1.29 is 14.0 Å². The van der Waals surface area contributed by atoms with Crippen molar-refractivity contribution in [3.8, 4) is 0 Å². The Labute approximate surface area is 149 Å². The summed E-state index contributed by atoms with van der Waals surface area (Å²) in [7, 11) is 3.53. The predicted molar refractivity (Wildman–Crippen MR) is 94.9 cm³/mol. The second-order valence-electron chi connectivity index (χ2n) is 7.63. The molecule has 25 heavy (non-hydrogen) atoms. The van der Waals surface area contributed by atoms with Crippen molar-refractivity contribution >= 4 is 11.9 Å². The smallest absolute Gasteiger partial charge is 0.319 e. The summed E-state index contributed by atoms with van der Waals surface area (Å²) in [4.78, 5) is 30.7. The number of amides is 3. The minimum absolute atomic E-state index is 0.0112. The van der Waals surface area contributed by atoms with Crippen LogP contribution in [0.5, 0.6) is 0 Å². The molecular weight excluding hydrogens is 318 g/mol. The van der Waals surface area contributed by atoms with Crippen LogP contribution in [0.3, 0.4) is 0 Å². The summed E-state index contributed by atoms with van der Waals surface area (Å²) in [5.74, 6) is 1.72. The third kappa shape index (κ3) is 3.83. The van der Waals surface area contributed by atoms with Gasteiger partial charge in [-0.2, -0.15) is 0 Å². The molecule has 1 aromatic heterocycles. The second kappa shape index (κ2) is 7.50. The number of likely N-dealkylation sites (tertiary alicyclic amines) is 2. The molecule has 6 nitrogen and oxygen atoms in total. The summed E-state index contributed by atoms with van der Waals surface area (Å²) < 4.78 is 5.61. The zero-order valence-electron chi connectivity index (χ0n) is 15.5. The summed E-state index contributed by atoms with van der Waals surface area (Å²) >= 11 is 0. The van der Waals surface area contributed by atoms with Crippen LogP contribution in [0.15, 0.2) is 22.8 Å². The SMILES string of the molecule is C[C@@H]1CCN(C(=O)C2CCN(C(=O)N(C)C)CC2)[C@H](c2ccco2)C1. The van der Waals surface area contributed by atoms with E-state index < -0.39 is 0 Å². The van der Waals surface area contributed by atoms with E-state index in [1.54, 1.807) is 25.3 Å². The molecule has 0 radical (unpaired) electrons. The molecule has 138 valence electrons. The van der Waals surface area contributed by atoms with Crippen LogP contribution >= 0.6 is 0 Å². The summed E-state index contributed by atoms with van der Waals surface area (Å²) in [6.07, 6.45) is 5.17. The highest BCUT2D eigenvalue weighted by Gasteiger charge is 2.37. The van der Waals surface area contributed by atoms with Gasteiger partial charge in [0, 0.05) is 39.6 Å². The molecule has 2 aliphatic rings. The quantitative estimate of drug-likeness (QED) is 0.826. The van der Waals surface area contributed by atoms with Crippen LogP contribution in [0.25, 0.3) is 0 Å². The summed E-state index contributed by atoms with van der Waals surface area (Å²) in [5.41, 5.74) is 0. The Balaban J connectivity index is 1.65. The lowest BCUT2D eigenvalue weighted by Crippen LogP contribution is -2.49. The highest BCUT2D eigenvalue weighted by molar-refractivity contribution is 5.80. The van der Waals surface area contributed by atoms with E-state index in [1.165, 1.54) is 0 Å². The fraction of sp³-hybridized carbons (Fsp3) is 0.684. The van der Waals surface area contributed by atoms with Crippen LogP contribution in [-0.2, 0) is 4.79 Å². The van der Waals surface area contributed by atoms with E-state index in [9.17, 15) is 9.59 Å². The van der Waals surface area contributed by atoms with E-state index in [1.807, 2.05) is 21.9 Å². The first-order valence-corrected chi connectivity index (χ1v) is 9.27. The van der Waals surface area contributed by atoms with Gasteiger partial charge in [0.15, 0.2) is 0 Å². The maximum absolute atomic E-state index is 13.1. The Morgan fingerprint density at radius 1 is 1.16 bits per heavy atom. The zero-order chi connectivity index (χ0) is 18.0. The first-order valence-electron chi connectivity index (χ1n) is 9.27. The van der Waals surface area contributed by atoms with Crippen molar-refractivity contribution in [2.45, 2.75) is 38.6 Å². The zero-order valence-corrected chi connectivity index (χ0v) is 15.5. The number of carbonyl (C=O) groups is 2. The van der Waals surface area contributed by atoms with Crippen molar-refractivity contribution in [1.82, 2.24) is 14.7 Å². The van der Waals surface area contributed by atoms with E-state index in [-0.39, 0.29) is 23.9 Å². The maximum Gasteiger partial charge on any atom is 0.319 e. The Kier molecular flexibility index (Phi) is 5.35. The van der Waals surface area contributed by atoms with Crippen molar-refractivity contribution in [1.29, 1.82) is 0 Å². The fourth-order valence-corrected chi connectivity index (χ4v) is 3.99. The first kappa shape index (κ1) is 17.8. The predicted octanol–water partition coefficient (Wildman–Crippen LogP) is 2.97. The van der Waals surface area contributed by atoms with Gasteiger partial charge in [0.1, 0.15) is 5.76 Å². The summed E-state index contributed by atoms with van der Waals surface area (Å²) in [6.45, 7) is 4.34. The van der Waals surface area contributed by atoms with Crippen LogP contribution in [-0.4, -0.2) is 60.4 Å². The van der Waals surface area contributed by atoms with Crippen molar-refractivity contribution in [3.63, 3.8) is 0 Å². The van der Waals surface area contributed by atoms with Gasteiger partial charge < -0.3 is 19.1 Å². The van der Waals surface area contributed by atoms with Gasteiger partial charge in [0.05, 0.1) is 12.3 Å². The van der Waals surface area contributed by atoms with Gasteiger partial charge in [0.2, 0.25) is 5.91 Å². The van der Waals surface area contributed by atoms with Crippen LogP contribution < -0.4 is 0 Å². The minimum Gasteiger partial charge on any atom is -0.467 e. The van der Waals surface area contributed by atoms with E-state index in [0.29, 0.717) is 19.0 Å². The van der Waals surface area contributed by atoms with Crippen molar-refractivity contribution in [2.75, 3.05) is 33.7 Å². The molecule has 2 saturated heterocycles. The maximum atomic E-state index is 13.1. The van der Waals surface area contributed by atoms with Gasteiger partial charge in [-0.3, -0.25) is 4.79 Å². The molecule has 0 aliphatic carbocycles. The van der Waals surface area contributed by atoms with Gasteiger partial charge in [-0.05, 0) is 43.7 Å². The molecule has 3 rings (SSSR count). The van der Waals surface area contributed by atoms with E-state index in [0.717, 1.165) is 38.0 Å². The van der Waals surface area contributed by atoms with Gasteiger partial charge in [-0.1, -0.05) is 6.92 Å². The molecule has 0 unspecified atom stereocenters. The molecule has 0 aromatic carbocycles. The molecule has 2 aliphatic heterocycles. The molecule has 0 saturated carbocycles. The number of hydrogen-bond donors (Lipinski definition) is 0. The summed E-state index contributed by atoms with van der Waals surface area (Å²) in [5, 5.41) is 0. The third-order valence-corrected chi connectivity index (χ3v) is 5.52. The number of furan rings is 1. The Hall–Kier alpha value is -1.98. The van der Waals surface area contributed by atoms with E-state index in [4.69, 9.17) is 4.42 Å². The van der Waals surface area contributed by atoms with Gasteiger partial charge in [-0.25, -0.2) is 4.79 Å². The van der Waals surface area contributed by atoms with Crippen molar-refractivity contribution in [3.05, 3.63) is 24.2 Å². The number of hydrogen-bond acceptors (Lipinski definition) is 3. The van der Waals surface area contributed by atoms with Gasteiger partial charge in [0.25, 0.3) is 0 Å². The van der Waals surface area contributed by atoms with Crippen molar-refractivity contribution in [2.24, 2.45) is 11.8 Å². The Morgan fingerprint density at radius 3 is 2.48 bits per heavy atom. The lowest BCUT2D eigenvalue weighted by atomic mass is 9.88. The molecule has 0 spiro atoms. The van der Waals surface area contributed by atoms with E-state index in [2.05, 4.69) is 6.92 Å². The van der Waals surface area contributed by atoms with Gasteiger partial charge >= 0.3 is 6.03 Å².